The number of nitrogens with zero attached hydrogens (tertiary/aromatic N) is 3. The monoisotopic (exact) mass is 438 g/mol. The van der Waals surface area contributed by atoms with E-state index in [2.05, 4.69) is 4.57 Å². The maximum atomic E-state index is 12.5. The molecule has 2 aliphatic rings. The molecule has 1 fully saturated rings. The van der Waals surface area contributed by atoms with E-state index < -0.39 is 18.0 Å². The number of aliphatic hydroxyl groups is 2. The molecule has 2 aromatic rings. The van der Waals surface area contributed by atoms with Crippen molar-refractivity contribution in [1.29, 1.82) is 0 Å². The molecule has 29 heavy (non-hydrogen) atoms. The van der Waals surface area contributed by atoms with Crippen LogP contribution in [-0.2, 0) is 16.1 Å². The second-order valence-electron chi connectivity index (χ2n) is 7.52. The van der Waals surface area contributed by atoms with Gasteiger partial charge in [-0.15, -0.1) is 0 Å². The maximum Gasteiger partial charge on any atom is 0.352 e. The standard InChI is InChI=1S/C19H23N3O5S2/c1-9-12(15(19(26)27)22-14(9)13(10(2)24)16(22)25)11-7-21-8-20(5-4-6-23)17(28-3)18(21)29-11/h7-10,13-14,23-24H,4-6H2,1-3H3/p+1/t9-,10+,13+,14+/m0/s1. The Kier molecular flexibility index (Phi) is 5.22. The van der Waals surface area contributed by atoms with Crippen molar-refractivity contribution in [2.45, 2.75) is 44.0 Å². The molecule has 10 heteroatoms. The fourth-order valence-corrected chi connectivity index (χ4v) is 6.76. The summed E-state index contributed by atoms with van der Waals surface area (Å²) in [5, 5.41) is 30.0. The number of amides is 1. The molecule has 156 valence electrons. The summed E-state index contributed by atoms with van der Waals surface area (Å²) in [6.07, 6.45) is 5.71. The average Bonchev–Trinajstić information content (AvgIpc) is 3.26. The fourth-order valence-electron chi connectivity index (χ4n) is 4.56. The lowest BCUT2D eigenvalue weighted by atomic mass is 9.77. The Hall–Kier alpha value is -1.88. The van der Waals surface area contributed by atoms with Crippen LogP contribution in [0, 0.1) is 11.8 Å². The quantitative estimate of drug-likeness (QED) is 0.339. The van der Waals surface area contributed by atoms with Crippen LogP contribution in [0.5, 0.6) is 0 Å². The predicted octanol–water partition coefficient (Wildman–Crippen LogP) is 1.05. The van der Waals surface area contributed by atoms with Gasteiger partial charge < -0.3 is 20.2 Å². The van der Waals surface area contributed by atoms with Gasteiger partial charge in [0.25, 0.3) is 6.33 Å². The van der Waals surface area contributed by atoms with E-state index in [9.17, 15) is 19.8 Å². The van der Waals surface area contributed by atoms with Gasteiger partial charge in [0.2, 0.25) is 15.8 Å². The van der Waals surface area contributed by atoms with Crippen molar-refractivity contribution in [2.24, 2.45) is 11.8 Å². The van der Waals surface area contributed by atoms with Crippen LogP contribution in [0.1, 0.15) is 25.1 Å². The number of aliphatic carboxylic acids is 1. The van der Waals surface area contributed by atoms with E-state index in [4.69, 9.17) is 5.11 Å². The summed E-state index contributed by atoms with van der Waals surface area (Å²) in [5.41, 5.74) is 0.689. The first-order chi connectivity index (χ1) is 13.8. The Morgan fingerprint density at radius 1 is 1.45 bits per heavy atom. The summed E-state index contributed by atoms with van der Waals surface area (Å²) >= 11 is 3.11. The van der Waals surface area contributed by atoms with E-state index in [0.29, 0.717) is 18.5 Å². The lowest BCUT2D eigenvalue weighted by molar-refractivity contribution is -0.730. The largest absolute Gasteiger partial charge is 0.477 e. The van der Waals surface area contributed by atoms with Gasteiger partial charge in [-0.2, -0.15) is 4.40 Å². The number of carboxylic acids is 1. The molecule has 0 bridgehead atoms. The van der Waals surface area contributed by atoms with Crippen LogP contribution in [0.3, 0.4) is 0 Å². The number of aryl methyl sites for hydroxylation is 1. The lowest BCUT2D eigenvalue weighted by Gasteiger charge is -2.46. The summed E-state index contributed by atoms with van der Waals surface area (Å²) in [4.78, 5) is 27.7. The molecule has 2 aromatic heterocycles. The summed E-state index contributed by atoms with van der Waals surface area (Å²) in [6.45, 7) is 4.33. The molecule has 4 atom stereocenters. The predicted molar refractivity (Wildman–Crippen MR) is 108 cm³/mol. The van der Waals surface area contributed by atoms with Crippen LogP contribution in [-0.4, -0.2) is 61.5 Å². The van der Waals surface area contributed by atoms with Crippen LogP contribution in [0.15, 0.2) is 23.2 Å². The number of hydrogen-bond acceptors (Lipinski definition) is 6. The van der Waals surface area contributed by atoms with Crippen LogP contribution in [0.4, 0.5) is 0 Å². The highest BCUT2D eigenvalue weighted by Gasteiger charge is 2.60. The molecule has 0 aliphatic carbocycles. The van der Waals surface area contributed by atoms with Crippen molar-refractivity contribution in [3.63, 3.8) is 0 Å². The highest BCUT2D eigenvalue weighted by Crippen LogP contribution is 2.51. The molecule has 0 spiro atoms. The molecule has 4 heterocycles. The minimum Gasteiger partial charge on any atom is -0.477 e. The topological polar surface area (TPSA) is 106 Å². The molecule has 8 nitrogen and oxygen atoms in total. The van der Waals surface area contributed by atoms with Gasteiger partial charge in [-0.05, 0) is 13.2 Å². The van der Waals surface area contributed by atoms with E-state index in [1.807, 2.05) is 30.1 Å². The van der Waals surface area contributed by atoms with Crippen LogP contribution in [0.2, 0.25) is 0 Å². The van der Waals surface area contributed by atoms with Gasteiger partial charge in [-0.3, -0.25) is 4.79 Å². The first-order valence-electron chi connectivity index (χ1n) is 9.49. The minimum atomic E-state index is -1.12. The third kappa shape index (κ3) is 2.92. The summed E-state index contributed by atoms with van der Waals surface area (Å²) in [5.74, 6) is -2.18. The van der Waals surface area contributed by atoms with Crippen molar-refractivity contribution >= 4 is 45.4 Å². The number of hydrogen-bond donors (Lipinski definition) is 3. The molecule has 0 saturated carbocycles. The number of thiazole rings is 1. The molecule has 4 rings (SSSR count). The number of carboxylic acid groups (broad SMARTS) is 1. The number of carbonyl (C=O) groups excluding carboxylic acids is 1. The van der Waals surface area contributed by atoms with E-state index in [0.717, 1.165) is 14.7 Å². The third-order valence-electron chi connectivity index (χ3n) is 5.80. The molecular formula is C19H24N3O5S2+. The summed E-state index contributed by atoms with van der Waals surface area (Å²) in [7, 11) is 0. The first-order valence-corrected chi connectivity index (χ1v) is 11.5. The van der Waals surface area contributed by atoms with Crippen LogP contribution >= 0.6 is 23.1 Å². The van der Waals surface area contributed by atoms with Gasteiger partial charge in [-0.1, -0.05) is 30.0 Å². The smallest absolute Gasteiger partial charge is 0.352 e. The number of thioether (sulfide) groups is 1. The molecule has 1 saturated heterocycles. The lowest BCUT2D eigenvalue weighted by Crippen LogP contribution is -2.63. The number of rotatable bonds is 7. The molecule has 0 radical (unpaired) electrons. The number of imidazole rings is 1. The van der Waals surface area contributed by atoms with Crippen LogP contribution in [0.25, 0.3) is 10.4 Å². The average molecular weight is 439 g/mol. The zero-order valence-corrected chi connectivity index (χ0v) is 18.0. The van der Waals surface area contributed by atoms with Gasteiger partial charge in [0.05, 0.1) is 29.5 Å². The number of carbonyl (C=O) groups is 2. The molecular weight excluding hydrogens is 414 g/mol. The van der Waals surface area contributed by atoms with Crippen LogP contribution < -0.4 is 4.57 Å². The Balaban J connectivity index is 1.79. The van der Waals surface area contributed by atoms with E-state index in [1.54, 1.807) is 18.7 Å². The molecule has 1 amide bonds. The zero-order valence-electron chi connectivity index (χ0n) is 16.4. The summed E-state index contributed by atoms with van der Waals surface area (Å²) < 4.78 is 4.06. The minimum absolute atomic E-state index is 0.0350. The fraction of sp³-hybridized carbons (Fsp3) is 0.526. The highest BCUT2D eigenvalue weighted by molar-refractivity contribution is 7.98. The number of aliphatic hydroxyl groups excluding tert-OH is 2. The SMILES string of the molecule is CSc1c2sc(C3=C(C(=O)O)N4C(=O)[C@H]([C@@H](C)O)[C@H]4[C@H]3C)cn2c[n+]1CCCO. The molecule has 0 aromatic carbocycles. The Morgan fingerprint density at radius 3 is 2.76 bits per heavy atom. The van der Waals surface area contributed by atoms with Crippen molar-refractivity contribution in [3.05, 3.63) is 23.1 Å². The second kappa shape index (κ2) is 7.42. The van der Waals surface area contributed by atoms with Gasteiger partial charge >= 0.3 is 5.97 Å². The van der Waals surface area contributed by atoms with Crippen molar-refractivity contribution in [1.82, 2.24) is 9.30 Å². The number of aromatic nitrogens is 2. The van der Waals surface area contributed by atoms with Gasteiger partial charge in [0.1, 0.15) is 11.9 Å². The first kappa shape index (κ1) is 20.4. The third-order valence-corrected chi connectivity index (χ3v) is 7.88. The van der Waals surface area contributed by atoms with Gasteiger partial charge in [0.15, 0.2) is 0 Å². The summed E-state index contributed by atoms with van der Waals surface area (Å²) in [6, 6.07) is -0.320. The Bertz CT molecular complexity index is 1020. The van der Waals surface area contributed by atoms with Crippen molar-refractivity contribution < 1.29 is 29.5 Å². The molecule has 0 unspecified atom stereocenters. The maximum absolute atomic E-state index is 12.5. The molecule has 3 N–H and O–H groups in total. The number of fused-ring (bicyclic) bond motifs is 2. The van der Waals surface area contributed by atoms with Crippen molar-refractivity contribution in [2.75, 3.05) is 12.9 Å². The number of β-lactam (4-membered cyclic amide) rings is 1. The zero-order chi connectivity index (χ0) is 21.0. The van der Waals surface area contributed by atoms with E-state index >= 15 is 0 Å². The Labute approximate surface area is 176 Å². The van der Waals surface area contributed by atoms with Crippen molar-refractivity contribution in [3.8, 4) is 0 Å². The molecule has 2 aliphatic heterocycles. The Morgan fingerprint density at radius 2 is 2.17 bits per heavy atom. The second-order valence-corrected chi connectivity index (χ2v) is 9.35. The van der Waals surface area contributed by atoms with Gasteiger partial charge in [0, 0.05) is 24.5 Å². The van der Waals surface area contributed by atoms with E-state index in [1.165, 1.54) is 16.2 Å². The van der Waals surface area contributed by atoms with E-state index in [-0.39, 0.29) is 30.2 Å². The van der Waals surface area contributed by atoms with Gasteiger partial charge in [-0.25, -0.2) is 9.36 Å². The normalized spacial score (nSPS) is 24.9. The highest BCUT2D eigenvalue weighted by atomic mass is 32.2.